The molecule has 0 unspecified atom stereocenters. The van der Waals surface area contributed by atoms with Gasteiger partial charge in [0.2, 0.25) is 0 Å². The Morgan fingerprint density at radius 2 is 2.31 bits per heavy atom. The monoisotopic (exact) mass is 243 g/mol. The quantitative estimate of drug-likeness (QED) is 0.823. The lowest BCUT2D eigenvalue weighted by Crippen LogP contribution is -2.23. The van der Waals surface area contributed by atoms with Crippen LogP contribution in [0.2, 0.25) is 5.02 Å². The Balaban J connectivity index is 2.76. The van der Waals surface area contributed by atoms with E-state index < -0.39 is 0 Å². The van der Waals surface area contributed by atoms with Crippen molar-refractivity contribution in [3.05, 3.63) is 22.8 Å². The molecule has 1 heterocycles. The standard InChI is InChI=1S/C11H18ClN3O/c1-13-7-9-6-11(14-8-10(9)12)15(2)4-5-16-3/h6,8,13H,4-5,7H2,1-3H3. The van der Waals surface area contributed by atoms with Gasteiger partial charge in [-0.3, -0.25) is 0 Å². The highest BCUT2D eigenvalue weighted by atomic mass is 35.5. The molecule has 0 aliphatic carbocycles. The van der Waals surface area contributed by atoms with E-state index >= 15 is 0 Å². The fourth-order valence-corrected chi connectivity index (χ4v) is 1.52. The van der Waals surface area contributed by atoms with E-state index in [9.17, 15) is 0 Å². The highest BCUT2D eigenvalue weighted by Gasteiger charge is 2.06. The topological polar surface area (TPSA) is 37.4 Å². The van der Waals surface area contributed by atoms with Crippen molar-refractivity contribution in [2.24, 2.45) is 0 Å². The number of methoxy groups -OCH3 is 1. The van der Waals surface area contributed by atoms with Gasteiger partial charge in [0.15, 0.2) is 0 Å². The summed E-state index contributed by atoms with van der Waals surface area (Å²) in [5, 5.41) is 3.77. The third-order valence-corrected chi connectivity index (χ3v) is 2.65. The smallest absolute Gasteiger partial charge is 0.128 e. The Morgan fingerprint density at radius 3 is 2.94 bits per heavy atom. The lowest BCUT2D eigenvalue weighted by atomic mass is 10.2. The molecule has 0 fully saturated rings. The summed E-state index contributed by atoms with van der Waals surface area (Å²) in [6.07, 6.45) is 1.69. The van der Waals surface area contributed by atoms with E-state index in [1.54, 1.807) is 13.3 Å². The van der Waals surface area contributed by atoms with Gasteiger partial charge in [0.25, 0.3) is 0 Å². The number of halogens is 1. The van der Waals surface area contributed by atoms with Crippen LogP contribution in [-0.2, 0) is 11.3 Å². The van der Waals surface area contributed by atoms with Crippen molar-refractivity contribution in [1.82, 2.24) is 10.3 Å². The number of nitrogens with one attached hydrogen (secondary N) is 1. The molecule has 0 spiro atoms. The summed E-state index contributed by atoms with van der Waals surface area (Å²) in [4.78, 5) is 6.33. The molecule has 5 heteroatoms. The van der Waals surface area contributed by atoms with Crippen molar-refractivity contribution < 1.29 is 4.74 Å². The van der Waals surface area contributed by atoms with Crippen molar-refractivity contribution in [1.29, 1.82) is 0 Å². The van der Waals surface area contributed by atoms with Crippen molar-refractivity contribution in [3.63, 3.8) is 0 Å². The second-order valence-electron chi connectivity index (χ2n) is 3.58. The van der Waals surface area contributed by atoms with Gasteiger partial charge in [-0.2, -0.15) is 0 Å². The minimum absolute atomic E-state index is 0.683. The van der Waals surface area contributed by atoms with E-state index in [-0.39, 0.29) is 0 Å². The summed E-state index contributed by atoms with van der Waals surface area (Å²) >= 11 is 6.04. The molecule has 0 bridgehead atoms. The number of anilines is 1. The van der Waals surface area contributed by atoms with Crippen LogP contribution in [0, 0.1) is 0 Å². The van der Waals surface area contributed by atoms with Gasteiger partial charge in [-0.05, 0) is 18.7 Å². The highest BCUT2D eigenvalue weighted by Crippen LogP contribution is 2.19. The maximum atomic E-state index is 6.04. The number of hydrogen-bond donors (Lipinski definition) is 1. The third-order valence-electron chi connectivity index (χ3n) is 2.31. The van der Waals surface area contributed by atoms with Crippen LogP contribution in [0.1, 0.15) is 5.56 Å². The van der Waals surface area contributed by atoms with Gasteiger partial charge in [0.05, 0.1) is 11.6 Å². The molecule has 1 aromatic heterocycles. The maximum Gasteiger partial charge on any atom is 0.128 e. The molecule has 1 aromatic rings. The highest BCUT2D eigenvalue weighted by molar-refractivity contribution is 6.31. The molecule has 0 saturated heterocycles. The zero-order valence-electron chi connectivity index (χ0n) is 9.96. The van der Waals surface area contributed by atoms with Crippen LogP contribution in [0.3, 0.4) is 0 Å². The van der Waals surface area contributed by atoms with Crippen molar-refractivity contribution in [3.8, 4) is 0 Å². The first kappa shape index (κ1) is 13.2. The van der Waals surface area contributed by atoms with Crippen LogP contribution in [-0.4, -0.2) is 39.3 Å². The summed E-state index contributed by atoms with van der Waals surface area (Å²) in [5.41, 5.74) is 1.05. The first-order valence-electron chi connectivity index (χ1n) is 5.18. The van der Waals surface area contributed by atoms with E-state index in [0.717, 1.165) is 24.5 Å². The molecule has 0 aliphatic heterocycles. The lowest BCUT2D eigenvalue weighted by Gasteiger charge is -2.18. The number of nitrogens with zero attached hydrogens (tertiary/aromatic N) is 2. The SMILES string of the molecule is CNCc1cc(N(C)CCOC)ncc1Cl. The van der Waals surface area contributed by atoms with E-state index in [1.807, 2.05) is 25.1 Å². The van der Waals surface area contributed by atoms with E-state index in [1.165, 1.54) is 0 Å². The van der Waals surface area contributed by atoms with Gasteiger partial charge < -0.3 is 15.0 Å². The average Bonchev–Trinajstić information content (AvgIpc) is 2.29. The molecular formula is C11H18ClN3O. The summed E-state index contributed by atoms with van der Waals surface area (Å²) in [6, 6.07) is 1.99. The zero-order valence-corrected chi connectivity index (χ0v) is 10.7. The number of likely N-dealkylation sites (N-methyl/N-ethyl adjacent to an activating group) is 1. The summed E-state index contributed by atoms with van der Waals surface area (Å²) in [5.74, 6) is 0.909. The number of hydrogen-bond acceptors (Lipinski definition) is 4. The van der Waals surface area contributed by atoms with Crippen LogP contribution in [0.15, 0.2) is 12.3 Å². The normalized spacial score (nSPS) is 10.5. The Hall–Kier alpha value is -0.840. The van der Waals surface area contributed by atoms with E-state index in [4.69, 9.17) is 16.3 Å². The lowest BCUT2D eigenvalue weighted by molar-refractivity contribution is 0.206. The number of pyridine rings is 1. The largest absolute Gasteiger partial charge is 0.383 e. The molecule has 0 radical (unpaired) electrons. The number of ether oxygens (including phenoxy) is 1. The minimum atomic E-state index is 0.683. The molecule has 0 atom stereocenters. The molecule has 1 rings (SSSR count). The molecule has 1 N–H and O–H groups in total. The Bertz CT molecular complexity index is 333. The van der Waals surface area contributed by atoms with Gasteiger partial charge in [-0.25, -0.2) is 4.98 Å². The van der Waals surface area contributed by atoms with Crippen LogP contribution in [0.5, 0.6) is 0 Å². The van der Waals surface area contributed by atoms with Crippen molar-refractivity contribution >= 4 is 17.4 Å². The van der Waals surface area contributed by atoms with Gasteiger partial charge in [-0.1, -0.05) is 11.6 Å². The molecule has 0 aliphatic rings. The van der Waals surface area contributed by atoms with Crippen LogP contribution in [0.25, 0.3) is 0 Å². The van der Waals surface area contributed by atoms with Crippen LogP contribution in [0.4, 0.5) is 5.82 Å². The van der Waals surface area contributed by atoms with E-state index in [0.29, 0.717) is 11.6 Å². The fraction of sp³-hybridized carbons (Fsp3) is 0.545. The van der Waals surface area contributed by atoms with Crippen LogP contribution < -0.4 is 10.2 Å². The molecule has 0 aromatic carbocycles. The van der Waals surface area contributed by atoms with Crippen molar-refractivity contribution in [2.45, 2.75) is 6.54 Å². The first-order valence-corrected chi connectivity index (χ1v) is 5.56. The summed E-state index contributed by atoms with van der Waals surface area (Å²) in [6.45, 7) is 2.23. The Labute approximate surface area is 102 Å². The van der Waals surface area contributed by atoms with Gasteiger partial charge in [-0.15, -0.1) is 0 Å². The average molecular weight is 244 g/mol. The minimum Gasteiger partial charge on any atom is -0.383 e. The van der Waals surface area contributed by atoms with Gasteiger partial charge in [0.1, 0.15) is 5.82 Å². The molecule has 90 valence electrons. The second kappa shape index (κ2) is 6.68. The van der Waals surface area contributed by atoms with Crippen LogP contribution >= 0.6 is 11.6 Å². The second-order valence-corrected chi connectivity index (χ2v) is 3.99. The third kappa shape index (κ3) is 3.63. The van der Waals surface area contributed by atoms with Gasteiger partial charge in [0, 0.05) is 33.4 Å². The van der Waals surface area contributed by atoms with Crippen molar-refractivity contribution in [2.75, 3.05) is 39.3 Å². The van der Waals surface area contributed by atoms with E-state index in [2.05, 4.69) is 10.3 Å². The predicted molar refractivity (Wildman–Crippen MR) is 67.2 cm³/mol. The Morgan fingerprint density at radius 1 is 1.56 bits per heavy atom. The first-order chi connectivity index (χ1) is 7.69. The molecular weight excluding hydrogens is 226 g/mol. The maximum absolute atomic E-state index is 6.04. The fourth-order valence-electron chi connectivity index (χ4n) is 1.35. The predicted octanol–water partition coefficient (Wildman–Crippen LogP) is 1.54. The zero-order chi connectivity index (χ0) is 12.0. The molecule has 0 saturated carbocycles. The van der Waals surface area contributed by atoms with Gasteiger partial charge >= 0.3 is 0 Å². The molecule has 4 nitrogen and oxygen atoms in total. The molecule has 0 amide bonds. The summed E-state index contributed by atoms with van der Waals surface area (Å²) in [7, 11) is 5.57. The number of aromatic nitrogens is 1. The Kier molecular flexibility index (Phi) is 5.52. The summed E-state index contributed by atoms with van der Waals surface area (Å²) < 4.78 is 5.03. The number of rotatable bonds is 6. The molecule has 16 heavy (non-hydrogen) atoms.